The summed E-state index contributed by atoms with van der Waals surface area (Å²) in [5.41, 5.74) is 1.62. The van der Waals surface area contributed by atoms with Gasteiger partial charge in [0.1, 0.15) is 11.7 Å². The first-order chi connectivity index (χ1) is 5.77. The van der Waals surface area contributed by atoms with Crippen molar-refractivity contribution in [1.82, 2.24) is 0 Å². The Morgan fingerprint density at radius 3 is 2.67 bits per heavy atom. The molecule has 1 aliphatic carbocycles. The average Bonchev–Trinajstić information content (AvgIpc) is 2.07. The van der Waals surface area contributed by atoms with Gasteiger partial charge in [-0.2, -0.15) is 0 Å². The first-order valence-corrected chi connectivity index (χ1v) is 3.74. The fourth-order valence-electron chi connectivity index (χ4n) is 1.30. The molecule has 12 heavy (non-hydrogen) atoms. The fourth-order valence-corrected chi connectivity index (χ4v) is 1.30. The molecule has 0 amide bonds. The molecule has 0 heterocycles. The summed E-state index contributed by atoms with van der Waals surface area (Å²) in [6, 6.07) is 7.22. The summed E-state index contributed by atoms with van der Waals surface area (Å²) in [7, 11) is 0. The molecular formula is C10H7F2. The molecule has 2 heteroatoms. The van der Waals surface area contributed by atoms with Gasteiger partial charge in [-0.1, -0.05) is 24.3 Å². The maximum atomic E-state index is 12.7. The van der Waals surface area contributed by atoms with Gasteiger partial charge in [-0.05, 0) is 11.1 Å². The lowest BCUT2D eigenvalue weighted by Gasteiger charge is -2.12. The third-order valence-electron chi connectivity index (χ3n) is 1.94. The minimum Gasteiger partial charge on any atom is -0.209 e. The maximum Gasteiger partial charge on any atom is 0.140 e. The minimum atomic E-state index is -0.742. The summed E-state index contributed by atoms with van der Waals surface area (Å²) < 4.78 is 25.4. The fraction of sp³-hybridized carbons (Fsp3) is 0.100. The largest absolute Gasteiger partial charge is 0.209 e. The number of rotatable bonds is 0. The minimum absolute atomic E-state index is 0.0819. The van der Waals surface area contributed by atoms with Gasteiger partial charge in [0.05, 0.1) is 6.42 Å². The van der Waals surface area contributed by atoms with E-state index in [0.29, 0.717) is 0 Å². The molecule has 1 aromatic carbocycles. The van der Waals surface area contributed by atoms with Crippen molar-refractivity contribution in [1.29, 1.82) is 0 Å². The van der Waals surface area contributed by atoms with Crippen molar-refractivity contribution in [3.05, 3.63) is 53.5 Å². The first-order valence-electron chi connectivity index (χ1n) is 3.74. The second kappa shape index (κ2) is 2.70. The SMILES string of the molecule is FC1=C(F)Cc2ccccc2[CH]1. The highest BCUT2D eigenvalue weighted by molar-refractivity contribution is 5.44. The van der Waals surface area contributed by atoms with Crippen LogP contribution in [0.2, 0.25) is 0 Å². The zero-order valence-corrected chi connectivity index (χ0v) is 6.35. The number of hydrogen-bond donors (Lipinski definition) is 0. The van der Waals surface area contributed by atoms with Crippen LogP contribution in [0.5, 0.6) is 0 Å². The van der Waals surface area contributed by atoms with Gasteiger partial charge in [-0.15, -0.1) is 0 Å². The van der Waals surface area contributed by atoms with E-state index in [1.807, 2.05) is 12.1 Å². The van der Waals surface area contributed by atoms with Crippen LogP contribution in [0.3, 0.4) is 0 Å². The third kappa shape index (κ3) is 1.13. The van der Waals surface area contributed by atoms with Crippen molar-refractivity contribution < 1.29 is 8.78 Å². The molecule has 0 unspecified atom stereocenters. The van der Waals surface area contributed by atoms with E-state index >= 15 is 0 Å². The van der Waals surface area contributed by atoms with Crippen molar-refractivity contribution in [2.24, 2.45) is 0 Å². The number of benzene rings is 1. The Kier molecular flexibility index (Phi) is 1.68. The third-order valence-corrected chi connectivity index (χ3v) is 1.94. The van der Waals surface area contributed by atoms with Crippen molar-refractivity contribution in [2.45, 2.75) is 6.42 Å². The Balaban J connectivity index is 2.43. The number of hydrogen-bond acceptors (Lipinski definition) is 0. The van der Waals surface area contributed by atoms with Gasteiger partial charge in [0, 0.05) is 6.42 Å². The molecule has 0 saturated carbocycles. The Labute approximate surface area is 69.5 Å². The van der Waals surface area contributed by atoms with Gasteiger partial charge in [-0.3, -0.25) is 0 Å². The molecule has 0 N–H and O–H groups in total. The molecule has 0 atom stereocenters. The van der Waals surface area contributed by atoms with Gasteiger partial charge in [0.25, 0.3) is 0 Å². The van der Waals surface area contributed by atoms with E-state index in [2.05, 4.69) is 0 Å². The molecule has 0 saturated heterocycles. The van der Waals surface area contributed by atoms with Crippen LogP contribution in [-0.4, -0.2) is 0 Å². The van der Waals surface area contributed by atoms with Crippen molar-refractivity contribution in [3.63, 3.8) is 0 Å². The van der Waals surface area contributed by atoms with E-state index in [0.717, 1.165) is 11.1 Å². The monoisotopic (exact) mass is 165 g/mol. The predicted molar refractivity (Wildman–Crippen MR) is 42.8 cm³/mol. The van der Waals surface area contributed by atoms with Crippen LogP contribution in [0, 0.1) is 6.42 Å². The van der Waals surface area contributed by atoms with E-state index in [1.165, 1.54) is 6.42 Å². The standard InChI is InChI=1S/C10H7F2/c11-9-5-7-3-1-2-4-8(7)6-10(9)12/h1-5H,6H2. The smallest absolute Gasteiger partial charge is 0.140 e. The molecule has 1 aromatic rings. The van der Waals surface area contributed by atoms with E-state index in [-0.39, 0.29) is 6.42 Å². The highest BCUT2D eigenvalue weighted by Crippen LogP contribution is 2.28. The Morgan fingerprint density at radius 2 is 1.83 bits per heavy atom. The molecule has 1 radical (unpaired) electrons. The summed E-state index contributed by atoms with van der Waals surface area (Å²) in [5, 5.41) is 0. The lowest BCUT2D eigenvalue weighted by atomic mass is 9.96. The summed E-state index contributed by atoms with van der Waals surface area (Å²) in [5.74, 6) is -1.41. The van der Waals surface area contributed by atoms with Gasteiger partial charge in [0.15, 0.2) is 0 Å². The van der Waals surface area contributed by atoms with Crippen molar-refractivity contribution in [3.8, 4) is 0 Å². The number of halogens is 2. The molecule has 0 aliphatic heterocycles. The summed E-state index contributed by atoms with van der Waals surface area (Å²) in [6.45, 7) is 0. The summed E-state index contributed by atoms with van der Waals surface area (Å²) in [6.07, 6.45) is 1.31. The van der Waals surface area contributed by atoms with Crippen LogP contribution >= 0.6 is 0 Å². The molecule has 1 aliphatic rings. The predicted octanol–water partition coefficient (Wildman–Crippen LogP) is 2.95. The number of fused-ring (bicyclic) bond motifs is 1. The lowest BCUT2D eigenvalue weighted by Crippen LogP contribution is -2.01. The summed E-state index contributed by atoms with van der Waals surface area (Å²) in [4.78, 5) is 0. The van der Waals surface area contributed by atoms with E-state index in [9.17, 15) is 8.78 Å². The van der Waals surface area contributed by atoms with Gasteiger partial charge in [-0.25, -0.2) is 8.78 Å². The quantitative estimate of drug-likeness (QED) is 0.554. The van der Waals surface area contributed by atoms with Gasteiger partial charge >= 0.3 is 0 Å². The molecule has 2 rings (SSSR count). The van der Waals surface area contributed by atoms with Crippen LogP contribution in [0.1, 0.15) is 11.1 Å². The van der Waals surface area contributed by atoms with Crippen molar-refractivity contribution in [2.75, 3.05) is 0 Å². The van der Waals surface area contributed by atoms with Crippen LogP contribution in [-0.2, 0) is 6.42 Å². The molecule has 0 nitrogen and oxygen atoms in total. The molecule has 0 aromatic heterocycles. The molecule has 61 valence electrons. The second-order valence-electron chi connectivity index (χ2n) is 2.77. The zero-order chi connectivity index (χ0) is 8.55. The zero-order valence-electron chi connectivity index (χ0n) is 6.35. The first kappa shape index (κ1) is 7.47. The normalized spacial score (nSPS) is 16.2. The molecule has 0 bridgehead atoms. The Bertz CT molecular complexity index is 306. The van der Waals surface area contributed by atoms with Gasteiger partial charge < -0.3 is 0 Å². The Morgan fingerprint density at radius 1 is 1.08 bits per heavy atom. The topological polar surface area (TPSA) is 0 Å². The highest BCUT2D eigenvalue weighted by Gasteiger charge is 2.17. The average molecular weight is 165 g/mol. The van der Waals surface area contributed by atoms with Crippen LogP contribution in [0.4, 0.5) is 8.78 Å². The molecule has 0 fully saturated rings. The van der Waals surface area contributed by atoms with Crippen LogP contribution in [0.15, 0.2) is 35.9 Å². The lowest BCUT2D eigenvalue weighted by molar-refractivity contribution is 0.522. The number of allylic oxidation sites excluding steroid dienone is 2. The van der Waals surface area contributed by atoms with E-state index < -0.39 is 11.7 Å². The molecule has 0 spiro atoms. The van der Waals surface area contributed by atoms with Crippen molar-refractivity contribution >= 4 is 0 Å². The van der Waals surface area contributed by atoms with E-state index in [4.69, 9.17) is 0 Å². The van der Waals surface area contributed by atoms with Gasteiger partial charge in [0.2, 0.25) is 0 Å². The molecular weight excluding hydrogens is 158 g/mol. The van der Waals surface area contributed by atoms with E-state index in [1.54, 1.807) is 12.1 Å². The summed E-state index contributed by atoms with van der Waals surface area (Å²) >= 11 is 0. The van der Waals surface area contributed by atoms with Crippen LogP contribution in [0.25, 0.3) is 0 Å². The maximum absolute atomic E-state index is 12.7. The highest BCUT2D eigenvalue weighted by atomic mass is 19.2. The second-order valence-corrected chi connectivity index (χ2v) is 2.77. The van der Waals surface area contributed by atoms with Crippen LogP contribution < -0.4 is 0 Å². The Hall–Kier alpha value is -1.18.